The molecule has 0 heterocycles. The second kappa shape index (κ2) is 11.9. The highest BCUT2D eigenvalue weighted by atomic mass is 35.5. The molecule has 0 aliphatic heterocycles. The number of carbonyl (C=O) groups is 1. The number of benzene rings is 1. The number of rotatable bonds is 9. The second-order valence-electron chi connectivity index (χ2n) is 4.73. The van der Waals surface area contributed by atoms with Crippen molar-refractivity contribution >= 4 is 39.8 Å². The molecule has 0 aromatic heterocycles. The molecule has 8 heteroatoms. The first-order valence-corrected chi connectivity index (χ1v) is 8.54. The number of nitrogen functional groups attached to an aromatic ring is 1. The molecule has 6 nitrogen and oxygen atoms in total. The maximum Gasteiger partial charge on any atom is 0.255 e. The molecule has 1 amide bonds. The zero-order valence-corrected chi connectivity index (χ0v) is 14.9. The minimum Gasteiger partial charge on any atom is -0.488 e. The molecule has 0 fully saturated rings. The Morgan fingerprint density at radius 1 is 1.42 bits per heavy atom. The Morgan fingerprint density at radius 3 is 2.67 bits per heavy atom. The molecule has 0 atom stereocenters. The lowest BCUT2D eigenvalue weighted by atomic mass is 10.1. The summed E-state index contributed by atoms with van der Waals surface area (Å²) >= 11 is 6.29. The van der Waals surface area contributed by atoms with E-state index in [1.165, 1.54) is 17.5 Å². The van der Waals surface area contributed by atoms with E-state index in [0.29, 0.717) is 34.8 Å². The molecule has 0 saturated carbocycles. The van der Waals surface area contributed by atoms with Gasteiger partial charge in [-0.3, -0.25) is 4.79 Å². The number of carbonyl (C=O) groups excluding carboxylic acids is 1. The summed E-state index contributed by atoms with van der Waals surface area (Å²) < 4.78 is 15.8. The van der Waals surface area contributed by atoms with Gasteiger partial charge in [0.1, 0.15) is 12.4 Å². The first-order valence-electron chi connectivity index (χ1n) is 7.36. The summed E-state index contributed by atoms with van der Waals surface area (Å²) in [5, 5.41) is 4.46. The monoisotopic (exact) mass is 375 g/mol. The summed E-state index contributed by atoms with van der Waals surface area (Å²) in [6.07, 6.45) is 0. The molecule has 136 valence electrons. The molecule has 1 rings (SSSR count). The normalized spacial score (nSPS) is 10.0. The van der Waals surface area contributed by atoms with Crippen LogP contribution in [0.1, 0.15) is 31.6 Å². The number of nitrogens with one attached hydrogen (secondary N) is 1. The van der Waals surface area contributed by atoms with Gasteiger partial charge in [-0.15, -0.1) is 0 Å². The van der Waals surface area contributed by atoms with Crippen LogP contribution in [0.5, 0.6) is 5.75 Å². The van der Waals surface area contributed by atoms with E-state index >= 15 is 0 Å². The van der Waals surface area contributed by atoms with E-state index in [1.807, 2.05) is 0 Å². The second-order valence-corrected chi connectivity index (χ2v) is 5.66. The van der Waals surface area contributed by atoms with Gasteiger partial charge in [-0.2, -0.15) is 0 Å². The van der Waals surface area contributed by atoms with Crippen molar-refractivity contribution < 1.29 is 13.7 Å². The van der Waals surface area contributed by atoms with Crippen molar-refractivity contribution in [3.05, 3.63) is 22.7 Å². The Bertz CT molecular complexity index is 588. The van der Waals surface area contributed by atoms with Crippen LogP contribution in [0.25, 0.3) is 0 Å². The summed E-state index contributed by atoms with van der Waals surface area (Å²) in [6.45, 7) is 7.36. The lowest BCUT2D eigenvalue weighted by Gasteiger charge is -2.18. The number of ether oxygens (including phenoxy) is 1. The van der Waals surface area contributed by atoms with Crippen LogP contribution in [-0.4, -0.2) is 53.2 Å². The topological polar surface area (TPSA) is 84.7 Å². The van der Waals surface area contributed by atoms with Gasteiger partial charge in [-0.25, -0.2) is 4.21 Å². The van der Waals surface area contributed by atoms with E-state index in [-0.39, 0.29) is 25.0 Å². The van der Waals surface area contributed by atoms with Gasteiger partial charge in [0.15, 0.2) is 0 Å². The summed E-state index contributed by atoms with van der Waals surface area (Å²) in [5.74, 6) is 0.0152. The maximum atomic E-state index is 12.3. The van der Waals surface area contributed by atoms with Crippen molar-refractivity contribution in [3.63, 3.8) is 0 Å². The molecule has 0 unspecified atom stereocenters. The van der Waals surface area contributed by atoms with Crippen LogP contribution < -0.4 is 15.8 Å². The van der Waals surface area contributed by atoms with Gasteiger partial charge in [0.05, 0.1) is 27.5 Å². The fraction of sp³-hybridized carbons (Fsp3) is 0.500. The standard InChI is InChI=1S/C15H22ClN3O3S.CH4/c1-3-19(4-2)6-5-18-15(20)11-9-12(16)13(17)10-14(11)22-7-8-23-21;/h8-10H,3-7,17H2,1-2H3,(H,18,20);1H4. The summed E-state index contributed by atoms with van der Waals surface area (Å²) in [4.78, 5) is 14.5. The summed E-state index contributed by atoms with van der Waals surface area (Å²) in [6, 6.07) is 2.97. The number of hydrogen-bond acceptors (Lipinski definition) is 5. The van der Waals surface area contributed by atoms with E-state index in [4.69, 9.17) is 22.1 Å². The molecular formula is C16H26ClN3O3S. The molecule has 24 heavy (non-hydrogen) atoms. The zero-order chi connectivity index (χ0) is 17.2. The Kier molecular flexibility index (Phi) is 11.1. The first-order chi connectivity index (χ1) is 11.0. The van der Waals surface area contributed by atoms with Crippen LogP contribution in [-0.2, 0) is 11.3 Å². The van der Waals surface area contributed by atoms with E-state index in [0.717, 1.165) is 19.6 Å². The fourth-order valence-corrected chi connectivity index (χ4v) is 2.27. The highest BCUT2D eigenvalue weighted by Gasteiger charge is 2.15. The maximum absolute atomic E-state index is 12.3. The van der Waals surface area contributed by atoms with Gasteiger partial charge in [0.25, 0.3) is 5.91 Å². The van der Waals surface area contributed by atoms with Gasteiger partial charge in [-0.1, -0.05) is 32.9 Å². The first kappa shape index (κ1) is 22.4. The number of hydrogen-bond donors (Lipinski definition) is 2. The van der Waals surface area contributed by atoms with Gasteiger partial charge < -0.3 is 20.7 Å². The smallest absolute Gasteiger partial charge is 0.255 e. The molecule has 0 saturated heterocycles. The van der Waals surface area contributed by atoms with Crippen LogP contribution in [0.4, 0.5) is 5.69 Å². The van der Waals surface area contributed by atoms with Crippen molar-refractivity contribution in [1.29, 1.82) is 0 Å². The van der Waals surface area contributed by atoms with E-state index in [1.54, 1.807) is 0 Å². The van der Waals surface area contributed by atoms with Crippen molar-refractivity contribution in [1.82, 2.24) is 10.2 Å². The molecule has 0 bridgehead atoms. The summed E-state index contributed by atoms with van der Waals surface area (Å²) in [7, 11) is 0. The molecule has 3 N–H and O–H groups in total. The van der Waals surface area contributed by atoms with Gasteiger partial charge in [0.2, 0.25) is 0 Å². The van der Waals surface area contributed by atoms with Crippen LogP contribution >= 0.6 is 11.6 Å². The lowest BCUT2D eigenvalue weighted by Crippen LogP contribution is -2.35. The highest BCUT2D eigenvalue weighted by molar-refractivity contribution is 7.64. The van der Waals surface area contributed by atoms with Crippen molar-refractivity contribution in [3.8, 4) is 5.75 Å². The van der Waals surface area contributed by atoms with Crippen molar-refractivity contribution in [2.75, 3.05) is 38.5 Å². The minimum atomic E-state index is -0.288. The van der Waals surface area contributed by atoms with Crippen LogP contribution in [0.15, 0.2) is 12.1 Å². The predicted molar refractivity (Wildman–Crippen MR) is 102 cm³/mol. The third-order valence-corrected chi connectivity index (χ3v) is 3.93. The molecule has 0 aliphatic rings. The minimum absolute atomic E-state index is 0. The number of nitrogens with two attached hydrogens (primary N) is 1. The van der Waals surface area contributed by atoms with Gasteiger partial charge in [-0.05, 0) is 19.2 Å². The summed E-state index contributed by atoms with van der Waals surface area (Å²) in [5.41, 5.74) is 6.36. The van der Waals surface area contributed by atoms with Crippen molar-refractivity contribution in [2.24, 2.45) is 0 Å². The predicted octanol–water partition coefficient (Wildman–Crippen LogP) is 2.02. The van der Waals surface area contributed by atoms with Crippen molar-refractivity contribution in [2.45, 2.75) is 21.3 Å². The fourth-order valence-electron chi connectivity index (χ4n) is 1.98. The third-order valence-electron chi connectivity index (χ3n) is 3.33. The number of anilines is 1. The van der Waals surface area contributed by atoms with Gasteiger partial charge >= 0.3 is 0 Å². The average molecular weight is 376 g/mol. The number of amides is 1. The third kappa shape index (κ3) is 6.90. The SMILES string of the molecule is C.CCN(CC)CCNC(=O)c1cc(Cl)c(N)cc1OCC=S=O. The Balaban J connectivity index is 0.00000529. The lowest BCUT2D eigenvalue weighted by molar-refractivity contribution is 0.0945. The zero-order valence-electron chi connectivity index (χ0n) is 13.3. The Morgan fingerprint density at radius 2 is 2.08 bits per heavy atom. The highest BCUT2D eigenvalue weighted by Crippen LogP contribution is 2.28. The Labute approximate surface area is 152 Å². The van der Waals surface area contributed by atoms with Crippen LogP contribution in [0, 0.1) is 0 Å². The molecule has 0 aliphatic carbocycles. The molecule has 1 aromatic rings. The molecule has 1 aromatic carbocycles. The number of likely N-dealkylation sites (N-methyl/N-ethyl adjacent to an activating group) is 1. The number of halogens is 1. The number of nitrogens with zero attached hydrogens (tertiary/aromatic N) is 1. The Hall–Kier alpha value is -1.57. The van der Waals surface area contributed by atoms with E-state index in [2.05, 4.69) is 24.1 Å². The van der Waals surface area contributed by atoms with Crippen LogP contribution in [0.3, 0.4) is 0 Å². The molecule has 0 spiro atoms. The largest absolute Gasteiger partial charge is 0.488 e. The molecule has 0 radical (unpaired) electrons. The van der Waals surface area contributed by atoms with Gasteiger partial charge in [0, 0.05) is 24.5 Å². The quantitative estimate of drug-likeness (QED) is 0.509. The average Bonchev–Trinajstić information content (AvgIpc) is 2.54. The van der Waals surface area contributed by atoms with E-state index in [9.17, 15) is 9.00 Å². The molecular weight excluding hydrogens is 350 g/mol. The van der Waals surface area contributed by atoms with E-state index < -0.39 is 0 Å². The van der Waals surface area contributed by atoms with Crippen LogP contribution in [0.2, 0.25) is 5.02 Å².